The zero-order valence-corrected chi connectivity index (χ0v) is 22.8. The van der Waals surface area contributed by atoms with Crippen LogP contribution in [0.15, 0.2) is 42.5 Å². The van der Waals surface area contributed by atoms with Gasteiger partial charge in [-0.25, -0.2) is 0 Å². The van der Waals surface area contributed by atoms with Gasteiger partial charge in [0, 0.05) is 61.8 Å². The molecule has 9 nitrogen and oxygen atoms in total. The number of nitrogens with one attached hydrogen (secondary N) is 2. The van der Waals surface area contributed by atoms with Gasteiger partial charge in [-0.15, -0.1) is 0 Å². The second-order valence-corrected chi connectivity index (χ2v) is 10.6. The molecular formula is C31H34N4O5. The summed E-state index contributed by atoms with van der Waals surface area (Å²) in [5, 5.41) is 13.7. The summed E-state index contributed by atoms with van der Waals surface area (Å²) in [5.41, 5.74) is 7.24. The number of H-pyrrole nitrogens is 1. The molecule has 1 atom stereocenters. The Hall–Kier alpha value is -3.92. The Morgan fingerprint density at radius 3 is 2.55 bits per heavy atom. The summed E-state index contributed by atoms with van der Waals surface area (Å²) in [5.74, 6) is 0.528. The van der Waals surface area contributed by atoms with Crippen LogP contribution in [0.2, 0.25) is 0 Å². The fraction of sp³-hybridized carbons (Fsp3) is 0.355. The van der Waals surface area contributed by atoms with E-state index < -0.39 is 6.10 Å². The molecule has 2 amide bonds. The van der Waals surface area contributed by atoms with Crippen molar-refractivity contribution in [3.05, 3.63) is 70.5 Å². The molecule has 3 aliphatic rings. The van der Waals surface area contributed by atoms with Crippen molar-refractivity contribution in [2.45, 2.75) is 19.4 Å². The Morgan fingerprint density at radius 2 is 1.80 bits per heavy atom. The number of aliphatic hydroxyl groups excluding tert-OH is 1. The Labute approximate surface area is 233 Å². The molecule has 1 saturated heterocycles. The number of morpholine rings is 1. The van der Waals surface area contributed by atoms with Crippen molar-refractivity contribution >= 4 is 29.2 Å². The Bertz CT molecular complexity index is 1470. The number of carbonyl (C=O) groups excluding carboxylic acids is 2. The van der Waals surface area contributed by atoms with E-state index in [4.69, 9.17) is 9.47 Å². The predicted molar refractivity (Wildman–Crippen MR) is 153 cm³/mol. The third kappa shape index (κ3) is 5.03. The smallest absolute Gasteiger partial charge is 0.256 e. The molecule has 0 bridgehead atoms. The van der Waals surface area contributed by atoms with Gasteiger partial charge in [-0.05, 0) is 54.0 Å². The number of aromatic nitrogens is 1. The number of anilines is 1. The molecule has 3 N–H and O–H groups in total. The summed E-state index contributed by atoms with van der Waals surface area (Å²) in [6.07, 6.45) is 1.89. The summed E-state index contributed by atoms with van der Waals surface area (Å²) < 4.78 is 10.7. The minimum absolute atomic E-state index is 0.0845. The van der Waals surface area contributed by atoms with Gasteiger partial charge >= 0.3 is 0 Å². The van der Waals surface area contributed by atoms with Crippen molar-refractivity contribution in [1.82, 2.24) is 14.8 Å². The number of rotatable bonds is 7. The largest absolute Gasteiger partial charge is 0.497 e. The van der Waals surface area contributed by atoms with E-state index >= 15 is 0 Å². The van der Waals surface area contributed by atoms with Gasteiger partial charge in [0.1, 0.15) is 5.75 Å². The van der Waals surface area contributed by atoms with Crippen LogP contribution in [0.3, 0.4) is 0 Å². The Morgan fingerprint density at radius 1 is 1.05 bits per heavy atom. The number of ether oxygens (including phenoxy) is 2. The lowest BCUT2D eigenvalue weighted by atomic mass is 9.98. The molecule has 4 heterocycles. The molecule has 0 saturated carbocycles. The van der Waals surface area contributed by atoms with Crippen molar-refractivity contribution < 1.29 is 24.2 Å². The summed E-state index contributed by atoms with van der Waals surface area (Å²) in [4.78, 5) is 33.8. The molecule has 1 aromatic heterocycles. The minimum atomic E-state index is -0.622. The zero-order valence-electron chi connectivity index (χ0n) is 22.8. The van der Waals surface area contributed by atoms with E-state index in [1.165, 1.54) is 0 Å². The summed E-state index contributed by atoms with van der Waals surface area (Å²) >= 11 is 0. The second-order valence-electron chi connectivity index (χ2n) is 10.6. The zero-order chi connectivity index (χ0) is 27.8. The molecule has 208 valence electrons. The van der Waals surface area contributed by atoms with Crippen LogP contribution in [0.25, 0.3) is 22.8 Å². The standard InChI is InChI=1S/C31H34N4O5/c1-19-28(32-27-9-10-35(31(38)29(19)27)18-22(36)17-34-11-13-40-14-12-34)16-25-24-15-21(5-8-26(24)33-30(25)37)20-3-6-23(39-2)7-4-20/h3-8,15-16,22,32,36H,9-14,17-18H2,1-2H3,(H,33,37)/t22-/m0/s1. The van der Waals surface area contributed by atoms with E-state index in [9.17, 15) is 14.7 Å². The SMILES string of the molecule is COc1ccc(-c2ccc3c(c2)C(=Cc2[nH]c4c(c2C)C(=O)N(C[C@@H](O)CN2CCOCC2)CC4)C(=O)N3)cc1. The number of aromatic amines is 1. The molecule has 3 aromatic rings. The number of hydrogen-bond donors (Lipinski definition) is 3. The lowest BCUT2D eigenvalue weighted by molar-refractivity contribution is -0.110. The van der Waals surface area contributed by atoms with Gasteiger partial charge in [0.05, 0.1) is 37.6 Å². The maximum absolute atomic E-state index is 13.5. The highest BCUT2D eigenvalue weighted by Crippen LogP contribution is 2.37. The first kappa shape index (κ1) is 26.3. The first-order chi connectivity index (χ1) is 19.4. The second kappa shape index (κ2) is 10.9. The van der Waals surface area contributed by atoms with Gasteiger partial charge in [-0.3, -0.25) is 14.5 Å². The van der Waals surface area contributed by atoms with E-state index in [1.54, 1.807) is 12.0 Å². The predicted octanol–water partition coefficient (Wildman–Crippen LogP) is 3.18. The van der Waals surface area contributed by atoms with Crippen molar-refractivity contribution in [3.8, 4) is 16.9 Å². The maximum atomic E-state index is 13.5. The van der Waals surface area contributed by atoms with Crippen LogP contribution in [0, 0.1) is 6.92 Å². The normalized spacial score (nSPS) is 19.0. The van der Waals surface area contributed by atoms with Gasteiger partial charge < -0.3 is 29.8 Å². The van der Waals surface area contributed by atoms with Crippen LogP contribution < -0.4 is 10.1 Å². The maximum Gasteiger partial charge on any atom is 0.256 e. The summed E-state index contributed by atoms with van der Waals surface area (Å²) in [6, 6.07) is 13.7. The van der Waals surface area contributed by atoms with Crippen LogP contribution in [0.4, 0.5) is 5.69 Å². The lowest BCUT2D eigenvalue weighted by Crippen LogP contribution is -2.47. The molecule has 1 fully saturated rings. The van der Waals surface area contributed by atoms with Crippen molar-refractivity contribution in [1.29, 1.82) is 0 Å². The van der Waals surface area contributed by atoms with E-state index in [2.05, 4.69) is 15.2 Å². The number of benzene rings is 2. The van der Waals surface area contributed by atoms with E-state index in [-0.39, 0.29) is 11.8 Å². The molecule has 9 heteroatoms. The van der Waals surface area contributed by atoms with Crippen LogP contribution >= 0.6 is 0 Å². The van der Waals surface area contributed by atoms with Crippen LogP contribution in [-0.2, 0) is 16.0 Å². The van der Waals surface area contributed by atoms with E-state index in [0.29, 0.717) is 50.4 Å². The van der Waals surface area contributed by atoms with Gasteiger partial charge in [0.25, 0.3) is 11.8 Å². The topological polar surface area (TPSA) is 107 Å². The highest BCUT2D eigenvalue weighted by molar-refractivity contribution is 6.35. The average molecular weight is 543 g/mol. The molecular weight excluding hydrogens is 508 g/mol. The number of hydrogen-bond acceptors (Lipinski definition) is 6. The number of nitrogens with zero attached hydrogens (tertiary/aromatic N) is 2. The molecule has 3 aliphatic heterocycles. The van der Waals surface area contributed by atoms with Gasteiger partial charge in [-0.2, -0.15) is 0 Å². The number of carbonyl (C=O) groups is 2. The molecule has 0 radical (unpaired) electrons. The lowest BCUT2D eigenvalue weighted by Gasteiger charge is -2.32. The quantitative estimate of drug-likeness (QED) is 0.396. The molecule has 6 rings (SSSR count). The van der Waals surface area contributed by atoms with Gasteiger partial charge in [0.15, 0.2) is 0 Å². The molecule has 40 heavy (non-hydrogen) atoms. The van der Waals surface area contributed by atoms with Crippen molar-refractivity contribution in [2.75, 3.05) is 58.4 Å². The van der Waals surface area contributed by atoms with Gasteiger partial charge in [-0.1, -0.05) is 18.2 Å². The minimum Gasteiger partial charge on any atom is -0.497 e. The highest BCUT2D eigenvalue weighted by Gasteiger charge is 2.32. The molecule has 0 aliphatic carbocycles. The molecule has 0 spiro atoms. The van der Waals surface area contributed by atoms with Crippen molar-refractivity contribution in [3.63, 3.8) is 0 Å². The number of β-amino-alcohol motifs (C(OH)–C–C–N with tert-alkyl or cyclic N) is 1. The number of aliphatic hydroxyl groups is 1. The van der Waals surface area contributed by atoms with E-state index in [1.807, 2.05) is 55.5 Å². The third-order valence-corrected chi connectivity index (χ3v) is 8.02. The number of amides is 2. The molecule has 2 aromatic carbocycles. The van der Waals surface area contributed by atoms with Gasteiger partial charge in [0.2, 0.25) is 0 Å². The average Bonchev–Trinajstić information content (AvgIpc) is 3.46. The third-order valence-electron chi connectivity index (χ3n) is 8.02. The Kier molecular flexibility index (Phi) is 7.18. The first-order valence-corrected chi connectivity index (χ1v) is 13.7. The van der Waals surface area contributed by atoms with E-state index in [0.717, 1.165) is 58.2 Å². The monoisotopic (exact) mass is 542 g/mol. The van der Waals surface area contributed by atoms with Crippen LogP contribution in [0.5, 0.6) is 5.75 Å². The first-order valence-electron chi connectivity index (χ1n) is 13.7. The fourth-order valence-corrected chi connectivity index (χ4v) is 5.81. The van der Waals surface area contributed by atoms with Crippen LogP contribution in [-0.4, -0.2) is 90.9 Å². The fourth-order valence-electron chi connectivity index (χ4n) is 5.81. The molecule has 0 unspecified atom stereocenters. The summed E-state index contributed by atoms with van der Waals surface area (Å²) in [6.45, 7) is 6.20. The highest BCUT2D eigenvalue weighted by atomic mass is 16.5. The number of methoxy groups -OCH3 is 1. The van der Waals surface area contributed by atoms with Crippen LogP contribution in [0.1, 0.15) is 32.9 Å². The summed E-state index contributed by atoms with van der Waals surface area (Å²) in [7, 11) is 1.64. The Balaban J connectivity index is 1.23. The van der Waals surface area contributed by atoms with Crippen molar-refractivity contribution in [2.24, 2.45) is 0 Å². The number of fused-ring (bicyclic) bond motifs is 2.